The molecule has 4 rings (SSSR count). The molecule has 0 unspecified atom stereocenters. The number of carbonyl (C=O) groups excluding carboxylic acids is 1. The van der Waals surface area contributed by atoms with Gasteiger partial charge in [-0.25, -0.2) is 14.5 Å². The van der Waals surface area contributed by atoms with Crippen LogP contribution in [0.15, 0.2) is 42.5 Å². The van der Waals surface area contributed by atoms with Crippen LogP contribution in [0.5, 0.6) is 5.75 Å². The lowest BCUT2D eigenvalue weighted by molar-refractivity contribution is 0.256. The smallest absolute Gasteiger partial charge is 0.326 e. The molecule has 0 spiro atoms. The molecule has 0 bridgehead atoms. The molecule has 2 heterocycles. The molecule has 0 saturated heterocycles. The number of hydrogen-bond donors (Lipinski definition) is 1. The summed E-state index contributed by atoms with van der Waals surface area (Å²) in [6.45, 7) is 5.29. The number of nitrogens with one attached hydrogen (secondary N) is 1. The number of methoxy groups -OCH3 is 1. The van der Waals surface area contributed by atoms with Gasteiger partial charge in [0.15, 0.2) is 5.82 Å². The summed E-state index contributed by atoms with van der Waals surface area (Å²) in [5.41, 5.74) is 3.76. The van der Waals surface area contributed by atoms with Crippen molar-refractivity contribution in [2.24, 2.45) is 0 Å². The molecule has 1 aliphatic rings. The zero-order valence-electron chi connectivity index (χ0n) is 18.4. The lowest BCUT2D eigenvalue weighted by Gasteiger charge is -2.24. The second-order valence-corrected chi connectivity index (χ2v) is 7.94. The van der Waals surface area contributed by atoms with E-state index in [0.717, 1.165) is 54.2 Å². The fourth-order valence-electron chi connectivity index (χ4n) is 3.88. The summed E-state index contributed by atoms with van der Waals surface area (Å²) in [5, 5.41) is 7.71. The van der Waals surface area contributed by atoms with E-state index in [0.29, 0.717) is 18.1 Å². The molecule has 0 radical (unpaired) electrons. The Morgan fingerprint density at radius 1 is 1.13 bits per heavy atom. The van der Waals surface area contributed by atoms with Gasteiger partial charge in [-0.3, -0.25) is 4.90 Å². The molecule has 1 aliphatic heterocycles. The Morgan fingerprint density at radius 2 is 1.94 bits per heavy atom. The third-order valence-corrected chi connectivity index (χ3v) is 5.82. The number of benzene rings is 2. The van der Waals surface area contributed by atoms with Crippen molar-refractivity contribution in [1.29, 1.82) is 0 Å². The van der Waals surface area contributed by atoms with Gasteiger partial charge < -0.3 is 10.1 Å². The molecule has 3 aromatic rings. The van der Waals surface area contributed by atoms with Gasteiger partial charge in [0, 0.05) is 24.3 Å². The number of rotatable bonds is 5. The van der Waals surface area contributed by atoms with Crippen LogP contribution in [0.3, 0.4) is 0 Å². The fourth-order valence-corrected chi connectivity index (χ4v) is 3.88. The molecule has 0 fully saturated rings. The van der Waals surface area contributed by atoms with E-state index in [1.54, 1.807) is 12.0 Å². The average molecular weight is 420 g/mol. The minimum atomic E-state index is -0.219. The first-order valence-electron chi connectivity index (χ1n) is 10.8. The Hall–Kier alpha value is -3.35. The van der Waals surface area contributed by atoms with E-state index in [9.17, 15) is 4.79 Å². The Kier molecular flexibility index (Phi) is 6.21. The number of aromatic nitrogens is 3. The van der Waals surface area contributed by atoms with Gasteiger partial charge in [0.25, 0.3) is 0 Å². The fraction of sp³-hybridized carbons (Fsp3) is 0.375. The topological polar surface area (TPSA) is 72.3 Å². The number of amides is 2. The number of carbonyl (C=O) groups is 1. The Bertz CT molecular complexity index is 1030. The van der Waals surface area contributed by atoms with Crippen molar-refractivity contribution in [1.82, 2.24) is 14.8 Å². The van der Waals surface area contributed by atoms with Gasteiger partial charge in [0.2, 0.25) is 0 Å². The number of hydrogen-bond acceptors (Lipinski definition) is 4. The normalized spacial score (nSPS) is 13.3. The molecular weight excluding hydrogens is 390 g/mol. The van der Waals surface area contributed by atoms with Crippen LogP contribution in [0.1, 0.15) is 42.0 Å². The van der Waals surface area contributed by atoms with Crippen LogP contribution in [0.2, 0.25) is 0 Å². The van der Waals surface area contributed by atoms with Crippen molar-refractivity contribution in [3.63, 3.8) is 0 Å². The molecular formula is C24H29N5O2. The van der Waals surface area contributed by atoms with Crippen molar-refractivity contribution in [3.05, 3.63) is 65.2 Å². The molecule has 7 nitrogen and oxygen atoms in total. The largest absolute Gasteiger partial charge is 0.497 e. The van der Waals surface area contributed by atoms with Gasteiger partial charge in [-0.15, -0.1) is 0 Å². The van der Waals surface area contributed by atoms with Crippen LogP contribution >= 0.6 is 0 Å². The van der Waals surface area contributed by atoms with Gasteiger partial charge >= 0.3 is 6.03 Å². The summed E-state index contributed by atoms with van der Waals surface area (Å²) in [6.07, 6.45) is 4.40. The third-order valence-electron chi connectivity index (χ3n) is 5.82. The third kappa shape index (κ3) is 4.71. The predicted octanol–water partition coefficient (Wildman–Crippen LogP) is 4.87. The van der Waals surface area contributed by atoms with E-state index in [2.05, 4.69) is 18.3 Å². The molecule has 162 valence electrons. The molecule has 2 amide bonds. The molecule has 7 heteroatoms. The minimum absolute atomic E-state index is 0.219. The van der Waals surface area contributed by atoms with E-state index >= 15 is 0 Å². The van der Waals surface area contributed by atoms with Crippen LogP contribution in [-0.4, -0.2) is 27.9 Å². The maximum absolute atomic E-state index is 13.4. The zero-order valence-corrected chi connectivity index (χ0v) is 18.4. The van der Waals surface area contributed by atoms with Crippen molar-refractivity contribution in [3.8, 4) is 5.75 Å². The lowest BCUT2D eigenvalue weighted by atomic mass is 10.1. The summed E-state index contributed by atoms with van der Waals surface area (Å²) in [6, 6.07) is 13.1. The molecule has 31 heavy (non-hydrogen) atoms. The maximum atomic E-state index is 13.4. The Morgan fingerprint density at radius 3 is 2.71 bits per heavy atom. The highest BCUT2D eigenvalue weighted by atomic mass is 16.5. The van der Waals surface area contributed by atoms with E-state index in [1.807, 2.05) is 48.0 Å². The molecule has 0 atom stereocenters. The van der Waals surface area contributed by atoms with Gasteiger partial charge in [0.05, 0.1) is 13.7 Å². The number of fused-ring (bicyclic) bond motifs is 1. The van der Waals surface area contributed by atoms with Crippen LogP contribution in [0, 0.1) is 13.8 Å². The summed E-state index contributed by atoms with van der Waals surface area (Å²) in [7, 11) is 1.62. The Labute approximate surface area is 183 Å². The van der Waals surface area contributed by atoms with E-state index < -0.39 is 0 Å². The summed E-state index contributed by atoms with van der Waals surface area (Å²) >= 11 is 0. The van der Waals surface area contributed by atoms with Gasteiger partial charge in [-0.2, -0.15) is 5.10 Å². The van der Waals surface area contributed by atoms with Gasteiger partial charge in [0.1, 0.15) is 11.6 Å². The highest BCUT2D eigenvalue weighted by Crippen LogP contribution is 2.26. The first-order chi connectivity index (χ1) is 15.0. The standard InChI is InChI=1S/C24H29N5O2/c1-17-8-7-9-21(18(17)2)28(24(30)25-19-11-13-20(31-3)14-12-19)16-22-26-23-10-5-4-6-15-29(23)27-22/h7-9,11-14H,4-6,10,15-16H2,1-3H3,(H,25,30). The van der Waals surface area contributed by atoms with E-state index in [-0.39, 0.29) is 6.03 Å². The highest BCUT2D eigenvalue weighted by Gasteiger charge is 2.22. The van der Waals surface area contributed by atoms with Crippen molar-refractivity contribution in [2.45, 2.75) is 52.6 Å². The van der Waals surface area contributed by atoms with E-state index in [1.165, 1.54) is 6.42 Å². The predicted molar refractivity (Wildman–Crippen MR) is 122 cm³/mol. The number of ether oxygens (including phenoxy) is 1. The van der Waals surface area contributed by atoms with Crippen molar-refractivity contribution < 1.29 is 9.53 Å². The first kappa shape index (κ1) is 20.9. The Balaban J connectivity index is 1.62. The number of urea groups is 1. The van der Waals surface area contributed by atoms with Crippen LogP contribution in [-0.2, 0) is 19.5 Å². The maximum Gasteiger partial charge on any atom is 0.326 e. The second-order valence-electron chi connectivity index (χ2n) is 7.94. The van der Waals surface area contributed by atoms with Crippen LogP contribution < -0.4 is 15.0 Å². The summed E-state index contributed by atoms with van der Waals surface area (Å²) in [5.74, 6) is 2.43. The molecule has 1 aromatic heterocycles. The quantitative estimate of drug-likeness (QED) is 0.640. The molecule has 1 N–H and O–H groups in total. The average Bonchev–Trinajstić information content (AvgIpc) is 3.03. The number of anilines is 2. The van der Waals surface area contributed by atoms with Crippen molar-refractivity contribution in [2.75, 3.05) is 17.3 Å². The lowest BCUT2D eigenvalue weighted by Crippen LogP contribution is -2.35. The summed E-state index contributed by atoms with van der Waals surface area (Å²) < 4.78 is 7.21. The van der Waals surface area contributed by atoms with Gasteiger partial charge in [-0.05, 0) is 68.1 Å². The highest BCUT2D eigenvalue weighted by molar-refractivity contribution is 6.02. The van der Waals surface area contributed by atoms with E-state index in [4.69, 9.17) is 14.8 Å². The monoisotopic (exact) mass is 419 g/mol. The zero-order chi connectivity index (χ0) is 21.8. The number of nitrogens with zero attached hydrogens (tertiary/aromatic N) is 4. The summed E-state index contributed by atoms with van der Waals surface area (Å²) in [4.78, 5) is 19.8. The SMILES string of the molecule is COc1ccc(NC(=O)N(Cc2nc3n(n2)CCCCC3)c2cccc(C)c2C)cc1. The minimum Gasteiger partial charge on any atom is -0.497 e. The molecule has 0 saturated carbocycles. The second kappa shape index (κ2) is 9.20. The van der Waals surface area contributed by atoms with Gasteiger partial charge in [-0.1, -0.05) is 18.6 Å². The molecule has 0 aliphatic carbocycles. The van der Waals surface area contributed by atoms with Crippen molar-refractivity contribution >= 4 is 17.4 Å². The molecule has 2 aromatic carbocycles. The van der Waals surface area contributed by atoms with Crippen LogP contribution in [0.25, 0.3) is 0 Å². The first-order valence-corrected chi connectivity index (χ1v) is 10.8. The van der Waals surface area contributed by atoms with Crippen LogP contribution in [0.4, 0.5) is 16.2 Å². The number of aryl methyl sites for hydroxylation is 3.